The number of nitrogens with zero attached hydrogens (tertiary/aromatic N) is 3. The van der Waals surface area contributed by atoms with E-state index in [1.54, 1.807) is 25.4 Å². The Morgan fingerprint density at radius 2 is 2.27 bits per heavy atom. The maximum atomic E-state index is 11.4. The average molecular weight is 203 g/mol. The van der Waals surface area contributed by atoms with Crippen LogP contribution in [0.5, 0.6) is 0 Å². The van der Waals surface area contributed by atoms with Crippen molar-refractivity contribution in [2.45, 2.75) is 0 Å². The Hall–Kier alpha value is -2.24. The number of rotatable bonds is 2. The lowest BCUT2D eigenvalue weighted by atomic mass is 10.2. The Bertz CT molecular complexity index is 507. The molecule has 0 spiro atoms. The number of aromatic nitrogens is 4. The van der Waals surface area contributed by atoms with E-state index in [1.165, 1.54) is 0 Å². The van der Waals surface area contributed by atoms with E-state index in [9.17, 15) is 4.79 Å². The van der Waals surface area contributed by atoms with Crippen molar-refractivity contribution in [3.05, 3.63) is 34.7 Å². The molecule has 0 saturated heterocycles. The molecule has 6 heteroatoms. The van der Waals surface area contributed by atoms with Crippen LogP contribution >= 0.6 is 0 Å². The van der Waals surface area contributed by atoms with Crippen LogP contribution in [0.3, 0.4) is 0 Å². The van der Waals surface area contributed by atoms with Crippen molar-refractivity contribution in [3.63, 3.8) is 0 Å². The number of hydrogen-bond acceptors (Lipinski definition) is 5. The summed E-state index contributed by atoms with van der Waals surface area (Å²) < 4.78 is 0. The highest BCUT2D eigenvalue weighted by Crippen LogP contribution is 2.17. The van der Waals surface area contributed by atoms with Crippen LogP contribution in [0, 0.1) is 0 Å². The first-order valence-electron chi connectivity index (χ1n) is 4.37. The van der Waals surface area contributed by atoms with Crippen LogP contribution in [0.2, 0.25) is 0 Å². The van der Waals surface area contributed by atoms with E-state index in [0.717, 1.165) is 0 Å². The lowest BCUT2D eigenvalue weighted by Crippen LogP contribution is -2.16. The van der Waals surface area contributed by atoms with E-state index in [4.69, 9.17) is 0 Å². The van der Waals surface area contributed by atoms with E-state index in [1.807, 2.05) is 6.07 Å². The summed E-state index contributed by atoms with van der Waals surface area (Å²) in [6.45, 7) is 0. The van der Waals surface area contributed by atoms with Crippen molar-refractivity contribution < 1.29 is 0 Å². The zero-order valence-electron chi connectivity index (χ0n) is 8.06. The highest BCUT2D eigenvalue weighted by Gasteiger charge is 2.10. The molecule has 0 aliphatic rings. The third-order valence-electron chi connectivity index (χ3n) is 1.92. The van der Waals surface area contributed by atoms with Gasteiger partial charge in [-0.1, -0.05) is 11.3 Å². The molecule has 2 aromatic rings. The third-order valence-corrected chi connectivity index (χ3v) is 1.92. The molecule has 0 atom stereocenters. The van der Waals surface area contributed by atoms with Crippen molar-refractivity contribution in [1.82, 2.24) is 20.4 Å². The number of H-pyrrole nitrogens is 1. The molecular weight excluding hydrogens is 194 g/mol. The van der Waals surface area contributed by atoms with Crippen LogP contribution in [0.15, 0.2) is 29.2 Å². The number of pyridine rings is 1. The molecule has 0 amide bonds. The second-order valence-corrected chi connectivity index (χ2v) is 2.83. The Labute approximate surface area is 85.4 Å². The van der Waals surface area contributed by atoms with Gasteiger partial charge in [-0.3, -0.25) is 9.78 Å². The Morgan fingerprint density at radius 3 is 2.93 bits per heavy atom. The van der Waals surface area contributed by atoms with Gasteiger partial charge in [-0.2, -0.15) is 0 Å². The molecule has 0 saturated carbocycles. The Kier molecular flexibility index (Phi) is 2.40. The average Bonchev–Trinajstić information content (AvgIpc) is 2.30. The fourth-order valence-electron chi connectivity index (χ4n) is 1.25. The molecule has 76 valence electrons. The molecule has 2 N–H and O–H groups in total. The first-order valence-corrected chi connectivity index (χ1v) is 4.37. The summed E-state index contributed by atoms with van der Waals surface area (Å²) in [7, 11) is 1.65. The van der Waals surface area contributed by atoms with Crippen LogP contribution < -0.4 is 10.9 Å². The first kappa shape index (κ1) is 9.32. The molecule has 0 bridgehead atoms. The molecule has 15 heavy (non-hydrogen) atoms. The predicted molar refractivity (Wildman–Crippen MR) is 55.4 cm³/mol. The molecule has 0 aromatic carbocycles. The summed E-state index contributed by atoms with van der Waals surface area (Å²) >= 11 is 0. The molecule has 6 nitrogen and oxygen atoms in total. The minimum Gasteiger partial charge on any atom is -0.382 e. The molecular formula is C9H9N5O. The highest BCUT2D eigenvalue weighted by molar-refractivity contribution is 5.69. The van der Waals surface area contributed by atoms with E-state index >= 15 is 0 Å². The second-order valence-electron chi connectivity index (χ2n) is 2.83. The number of nitrogens with one attached hydrogen (secondary N) is 2. The van der Waals surface area contributed by atoms with E-state index in [2.05, 4.69) is 25.7 Å². The van der Waals surface area contributed by atoms with Gasteiger partial charge in [-0.15, -0.1) is 5.10 Å². The maximum Gasteiger partial charge on any atom is 0.291 e. The normalized spacial score (nSPS) is 9.93. The van der Waals surface area contributed by atoms with Crippen molar-refractivity contribution in [2.75, 3.05) is 12.4 Å². The number of hydrogen-bond donors (Lipinski definition) is 2. The van der Waals surface area contributed by atoms with Crippen LogP contribution in [0.4, 0.5) is 5.69 Å². The zero-order valence-corrected chi connectivity index (χ0v) is 8.06. The fourth-order valence-corrected chi connectivity index (χ4v) is 1.25. The lowest BCUT2D eigenvalue weighted by molar-refractivity contribution is 0.846. The van der Waals surface area contributed by atoms with Gasteiger partial charge >= 0.3 is 0 Å². The zero-order chi connectivity index (χ0) is 10.7. The van der Waals surface area contributed by atoms with Gasteiger partial charge in [0.2, 0.25) is 0 Å². The van der Waals surface area contributed by atoms with Gasteiger partial charge in [0.25, 0.3) is 5.56 Å². The Morgan fingerprint density at radius 1 is 1.40 bits per heavy atom. The predicted octanol–water partition coefficient (Wildman–Crippen LogP) is 0.269. The van der Waals surface area contributed by atoms with E-state index < -0.39 is 0 Å². The van der Waals surface area contributed by atoms with Crippen molar-refractivity contribution in [1.29, 1.82) is 0 Å². The van der Waals surface area contributed by atoms with Crippen molar-refractivity contribution >= 4 is 5.69 Å². The monoisotopic (exact) mass is 203 g/mol. The van der Waals surface area contributed by atoms with Crippen molar-refractivity contribution in [2.24, 2.45) is 0 Å². The molecule has 0 unspecified atom stereocenters. The van der Waals surface area contributed by atoms with Gasteiger partial charge < -0.3 is 5.32 Å². The quantitative estimate of drug-likeness (QED) is 0.731. The molecule has 0 fully saturated rings. The smallest absolute Gasteiger partial charge is 0.291 e. The van der Waals surface area contributed by atoms with E-state index in [0.29, 0.717) is 17.1 Å². The summed E-state index contributed by atoms with van der Waals surface area (Å²) in [5.41, 5.74) is 1.11. The minimum atomic E-state index is -0.312. The SMILES string of the molecule is CNc1c(-c2ccccn2)nn[nH]c1=O. The van der Waals surface area contributed by atoms with Crippen molar-refractivity contribution in [3.8, 4) is 11.4 Å². The van der Waals surface area contributed by atoms with Crippen LogP contribution in [0.25, 0.3) is 11.4 Å². The van der Waals surface area contributed by atoms with Crippen LogP contribution in [-0.2, 0) is 0 Å². The summed E-state index contributed by atoms with van der Waals surface area (Å²) in [5.74, 6) is 0. The molecule has 2 aromatic heterocycles. The maximum absolute atomic E-state index is 11.4. The van der Waals surface area contributed by atoms with E-state index in [-0.39, 0.29) is 5.56 Å². The highest BCUT2D eigenvalue weighted by atomic mass is 16.1. The molecule has 0 radical (unpaired) electrons. The standard InChI is InChI=1S/C9H9N5O/c1-10-8-7(12-14-13-9(8)15)6-4-2-3-5-11-6/h2-5H,1H3,(H,10,14)(H,12,13,15). The second kappa shape index (κ2) is 3.87. The minimum absolute atomic E-state index is 0.312. The third kappa shape index (κ3) is 1.69. The fraction of sp³-hybridized carbons (Fsp3) is 0.111. The number of anilines is 1. The summed E-state index contributed by atoms with van der Waals surface area (Å²) in [5, 5.41) is 12.4. The molecule has 2 heterocycles. The van der Waals surface area contributed by atoms with Gasteiger partial charge in [-0.25, -0.2) is 5.10 Å². The summed E-state index contributed by atoms with van der Waals surface area (Å²) in [6.07, 6.45) is 1.64. The molecule has 0 aliphatic carbocycles. The topological polar surface area (TPSA) is 83.6 Å². The van der Waals surface area contributed by atoms with Gasteiger partial charge in [0, 0.05) is 13.2 Å². The number of aromatic amines is 1. The molecule has 2 rings (SSSR count). The lowest BCUT2D eigenvalue weighted by Gasteiger charge is -2.03. The summed E-state index contributed by atoms with van der Waals surface area (Å²) in [6, 6.07) is 5.39. The van der Waals surface area contributed by atoms with Crippen LogP contribution in [-0.4, -0.2) is 27.4 Å². The van der Waals surface area contributed by atoms with Gasteiger partial charge in [0.1, 0.15) is 11.4 Å². The van der Waals surface area contributed by atoms with Crippen LogP contribution in [0.1, 0.15) is 0 Å². The van der Waals surface area contributed by atoms with Gasteiger partial charge in [0.05, 0.1) is 5.69 Å². The van der Waals surface area contributed by atoms with Gasteiger partial charge in [0.15, 0.2) is 0 Å². The van der Waals surface area contributed by atoms with Gasteiger partial charge in [-0.05, 0) is 12.1 Å². The largest absolute Gasteiger partial charge is 0.382 e. The summed E-state index contributed by atoms with van der Waals surface area (Å²) in [4.78, 5) is 15.5. The first-order chi connectivity index (χ1) is 7.33. The molecule has 0 aliphatic heterocycles. The Balaban J connectivity index is 2.63.